The summed E-state index contributed by atoms with van der Waals surface area (Å²) in [6, 6.07) is 15.6. The normalized spacial score (nSPS) is 16.8. The summed E-state index contributed by atoms with van der Waals surface area (Å²) in [5.74, 6) is 0.946. The van der Waals surface area contributed by atoms with Crippen LogP contribution in [0.1, 0.15) is 89.6 Å². The van der Waals surface area contributed by atoms with Gasteiger partial charge in [0, 0.05) is 65.4 Å². The fraction of sp³-hybridized carbons (Fsp3) is 0.455. The fourth-order valence-electron chi connectivity index (χ4n) is 6.87. The highest BCUT2D eigenvalue weighted by Crippen LogP contribution is 2.35. The number of amidine groups is 1. The number of halogens is 3. The quantitative estimate of drug-likeness (QED) is 0.146. The molecule has 294 valence electrons. The van der Waals surface area contributed by atoms with Crippen molar-refractivity contribution < 1.29 is 18.7 Å². The minimum Gasteiger partial charge on any atom is -0.493 e. The molecular weight excluding hydrogens is 736 g/mol. The Balaban J connectivity index is 1.43. The highest BCUT2D eigenvalue weighted by atomic mass is 35.5. The van der Waals surface area contributed by atoms with Crippen LogP contribution < -0.4 is 10.1 Å². The van der Waals surface area contributed by atoms with Crippen molar-refractivity contribution in [1.29, 1.82) is 0 Å². The molecule has 3 amide bonds. The van der Waals surface area contributed by atoms with Crippen molar-refractivity contribution in [2.75, 3.05) is 26.2 Å². The van der Waals surface area contributed by atoms with Gasteiger partial charge in [-0.25, -0.2) is 9.18 Å². The van der Waals surface area contributed by atoms with Crippen molar-refractivity contribution in [3.8, 4) is 5.75 Å². The van der Waals surface area contributed by atoms with Crippen molar-refractivity contribution in [3.63, 3.8) is 0 Å². The standard InChI is InChI=1S/C44H54Cl2FN5O3/c1-7-55-38-27-39(43(2,3)4)49-28-37(38)41(50-44(5,6)33-12-16-35(46)17-13-33)52(29-32-8-14-34(45)15-9-32)42(54)51-24-21-31(22-25-51)26-40(53)48-23-20-30-10-18-36(47)19-11-30/h8-12,14-19,27-28,31,33H,7,13,20-26,29H2,1-6H3,(H,48,53). The first-order valence-corrected chi connectivity index (χ1v) is 20.0. The molecule has 55 heavy (non-hydrogen) atoms. The van der Waals surface area contributed by atoms with Crippen LogP contribution in [0.15, 0.2) is 89.0 Å². The molecular formula is C44H54Cl2FN5O3. The summed E-state index contributed by atoms with van der Waals surface area (Å²) >= 11 is 12.6. The lowest BCUT2D eigenvalue weighted by atomic mass is 9.83. The molecule has 5 rings (SSSR count). The van der Waals surface area contributed by atoms with Gasteiger partial charge in [-0.2, -0.15) is 0 Å². The number of hydrogen-bond donors (Lipinski definition) is 1. The smallest absolute Gasteiger partial charge is 0.325 e. The van der Waals surface area contributed by atoms with Gasteiger partial charge in [-0.1, -0.05) is 80.4 Å². The van der Waals surface area contributed by atoms with Gasteiger partial charge < -0.3 is 15.0 Å². The molecule has 1 atom stereocenters. The molecule has 1 saturated heterocycles. The molecule has 0 spiro atoms. The third-order valence-electron chi connectivity index (χ3n) is 10.3. The Kier molecular flexibility index (Phi) is 14.2. The van der Waals surface area contributed by atoms with Gasteiger partial charge in [0.1, 0.15) is 17.4 Å². The highest BCUT2D eigenvalue weighted by Gasteiger charge is 2.35. The first-order chi connectivity index (χ1) is 26.1. The van der Waals surface area contributed by atoms with Crippen molar-refractivity contribution >= 4 is 41.0 Å². The molecule has 1 unspecified atom stereocenters. The van der Waals surface area contributed by atoms with E-state index in [1.807, 2.05) is 54.3 Å². The van der Waals surface area contributed by atoms with E-state index in [0.717, 1.165) is 16.8 Å². The van der Waals surface area contributed by atoms with Gasteiger partial charge in [0.2, 0.25) is 5.91 Å². The average molecular weight is 791 g/mol. The van der Waals surface area contributed by atoms with Crippen LogP contribution in [0.4, 0.5) is 9.18 Å². The zero-order valence-electron chi connectivity index (χ0n) is 32.9. The van der Waals surface area contributed by atoms with E-state index in [-0.39, 0.29) is 41.6 Å². The van der Waals surface area contributed by atoms with Crippen LogP contribution in [0.2, 0.25) is 5.02 Å². The van der Waals surface area contributed by atoms with Crippen LogP contribution in [-0.4, -0.2) is 64.3 Å². The molecule has 1 aliphatic heterocycles. The van der Waals surface area contributed by atoms with Gasteiger partial charge in [-0.3, -0.25) is 19.7 Å². The summed E-state index contributed by atoms with van der Waals surface area (Å²) < 4.78 is 19.6. The molecule has 1 aromatic heterocycles. The Morgan fingerprint density at radius 1 is 1.02 bits per heavy atom. The minimum atomic E-state index is -0.651. The third-order valence-corrected chi connectivity index (χ3v) is 10.8. The van der Waals surface area contributed by atoms with Crippen LogP contribution in [0.3, 0.4) is 0 Å². The summed E-state index contributed by atoms with van der Waals surface area (Å²) in [6.45, 7) is 14.5. The topological polar surface area (TPSA) is 87.1 Å². The van der Waals surface area contributed by atoms with E-state index in [1.165, 1.54) is 12.1 Å². The van der Waals surface area contributed by atoms with E-state index >= 15 is 0 Å². The molecule has 0 bridgehead atoms. The van der Waals surface area contributed by atoms with E-state index in [4.69, 9.17) is 37.9 Å². The summed E-state index contributed by atoms with van der Waals surface area (Å²) in [4.78, 5) is 41.8. The number of ether oxygens (including phenoxy) is 1. The maximum Gasteiger partial charge on any atom is 0.325 e. The average Bonchev–Trinajstić information content (AvgIpc) is 3.14. The lowest BCUT2D eigenvalue weighted by Gasteiger charge is -2.38. The molecule has 1 N–H and O–H groups in total. The summed E-state index contributed by atoms with van der Waals surface area (Å²) in [6.07, 6.45) is 10.9. The number of hydrogen-bond acceptors (Lipinski definition) is 5. The molecule has 2 aromatic carbocycles. The van der Waals surface area contributed by atoms with E-state index < -0.39 is 5.54 Å². The first kappa shape index (κ1) is 41.9. The van der Waals surface area contributed by atoms with Gasteiger partial charge in [-0.15, -0.1) is 0 Å². The number of piperidine rings is 1. The molecule has 8 nitrogen and oxygen atoms in total. The second kappa shape index (κ2) is 18.6. The monoisotopic (exact) mass is 789 g/mol. The van der Waals surface area contributed by atoms with E-state index in [1.54, 1.807) is 23.2 Å². The number of urea groups is 1. The minimum absolute atomic E-state index is 0.0181. The fourth-order valence-corrected chi connectivity index (χ4v) is 7.15. The first-order valence-electron chi connectivity index (χ1n) is 19.2. The molecule has 0 saturated carbocycles. The zero-order valence-corrected chi connectivity index (χ0v) is 34.4. The number of allylic oxidation sites excluding steroid dienone is 3. The molecule has 11 heteroatoms. The lowest BCUT2D eigenvalue weighted by Crippen LogP contribution is -2.50. The number of rotatable bonds is 12. The number of carbonyl (C=O) groups excluding carboxylic acids is 2. The van der Waals surface area contributed by atoms with Crippen LogP contribution in [0.25, 0.3) is 0 Å². The Morgan fingerprint density at radius 3 is 2.31 bits per heavy atom. The maximum absolute atomic E-state index is 15.0. The molecule has 0 radical (unpaired) electrons. The van der Waals surface area contributed by atoms with Crippen molar-refractivity contribution in [3.05, 3.63) is 117 Å². The predicted molar refractivity (Wildman–Crippen MR) is 220 cm³/mol. The van der Waals surface area contributed by atoms with E-state index in [2.05, 4.69) is 46.0 Å². The number of aromatic nitrogens is 1. The number of carbonyl (C=O) groups is 2. The SMILES string of the molecule is CCOc1cc(C(C)(C)C)ncc1C(=NC(C)(C)C1C=CC(Cl)=CC1)N(Cc1ccc(Cl)cc1)C(=O)N1CCC(CC(=O)NCCc2ccc(F)cc2)CC1. The van der Waals surface area contributed by atoms with Gasteiger partial charge in [-0.05, 0) is 93.8 Å². The summed E-state index contributed by atoms with van der Waals surface area (Å²) in [7, 11) is 0. The van der Waals surface area contributed by atoms with Gasteiger partial charge >= 0.3 is 6.03 Å². The van der Waals surface area contributed by atoms with Gasteiger partial charge in [0.05, 0.1) is 24.3 Å². The van der Waals surface area contributed by atoms with E-state index in [9.17, 15) is 14.0 Å². The molecule has 1 aliphatic carbocycles. The number of likely N-dealkylation sites (tertiary alicyclic amines) is 1. The third kappa shape index (κ3) is 11.7. The number of nitrogens with one attached hydrogen (secondary N) is 1. The number of pyridine rings is 1. The molecule has 2 aliphatic rings. The second-order valence-corrected chi connectivity index (χ2v) is 16.9. The summed E-state index contributed by atoms with van der Waals surface area (Å²) in [5.41, 5.74) is 2.47. The van der Waals surface area contributed by atoms with Crippen LogP contribution >= 0.6 is 23.2 Å². The van der Waals surface area contributed by atoms with Gasteiger partial charge in [0.25, 0.3) is 0 Å². The zero-order chi connectivity index (χ0) is 39.8. The summed E-state index contributed by atoms with van der Waals surface area (Å²) in [5, 5.41) is 4.31. The van der Waals surface area contributed by atoms with Crippen molar-refractivity contribution in [2.45, 2.75) is 91.1 Å². The van der Waals surface area contributed by atoms with E-state index in [0.29, 0.717) is 85.5 Å². The van der Waals surface area contributed by atoms with Crippen molar-refractivity contribution in [1.82, 2.24) is 20.1 Å². The van der Waals surface area contributed by atoms with Crippen LogP contribution in [0.5, 0.6) is 5.75 Å². The van der Waals surface area contributed by atoms with Crippen LogP contribution in [0, 0.1) is 17.7 Å². The number of aliphatic imine (C=N–C) groups is 1. The Hall–Kier alpha value is -4.21. The second-order valence-electron chi connectivity index (χ2n) is 16.0. The lowest BCUT2D eigenvalue weighted by molar-refractivity contribution is -0.122. The molecule has 3 aromatic rings. The van der Waals surface area contributed by atoms with Crippen molar-refractivity contribution in [2.24, 2.45) is 16.8 Å². The van der Waals surface area contributed by atoms with Crippen LogP contribution in [-0.2, 0) is 23.2 Å². The predicted octanol–water partition coefficient (Wildman–Crippen LogP) is 9.88. The highest BCUT2D eigenvalue weighted by molar-refractivity contribution is 6.31. The molecule has 1 fully saturated rings. The largest absolute Gasteiger partial charge is 0.493 e. The number of benzene rings is 2. The Labute approximate surface area is 335 Å². The Bertz CT molecular complexity index is 1880. The van der Waals surface area contributed by atoms with Gasteiger partial charge in [0.15, 0.2) is 0 Å². The maximum atomic E-state index is 15.0. The number of amides is 3. The number of nitrogens with zero attached hydrogens (tertiary/aromatic N) is 4. The molecule has 2 heterocycles. The Morgan fingerprint density at radius 2 is 1.69 bits per heavy atom.